The van der Waals surface area contributed by atoms with Crippen LogP contribution in [-0.4, -0.2) is 0 Å². The Morgan fingerprint density at radius 1 is 0.714 bits per heavy atom. The second kappa shape index (κ2) is 6.23. The van der Waals surface area contributed by atoms with Crippen LogP contribution in [0.1, 0.15) is 22.6 Å². The van der Waals surface area contributed by atoms with Crippen molar-refractivity contribution in [1.82, 2.24) is 0 Å². The molecule has 0 unspecified atom stereocenters. The van der Waals surface area contributed by atoms with E-state index in [1.54, 1.807) is 12.4 Å². The highest BCUT2D eigenvalue weighted by Crippen LogP contribution is 2.28. The van der Waals surface area contributed by atoms with Crippen LogP contribution in [0.4, 0.5) is 0 Å². The molecule has 0 fully saturated rings. The van der Waals surface area contributed by atoms with E-state index in [1.165, 1.54) is 16.7 Å². The lowest BCUT2D eigenvalue weighted by Crippen LogP contribution is -2.24. The molecule has 0 aliphatic heterocycles. The summed E-state index contributed by atoms with van der Waals surface area (Å²) >= 11 is 0. The molecule has 0 amide bonds. The van der Waals surface area contributed by atoms with Gasteiger partial charge < -0.3 is 5.21 Å². The van der Waals surface area contributed by atoms with Crippen LogP contribution < -0.4 is 4.73 Å². The Labute approximate surface area is 124 Å². The normalized spacial score (nSPS) is 10.7. The summed E-state index contributed by atoms with van der Waals surface area (Å²) in [4.78, 5) is 0. The zero-order valence-corrected chi connectivity index (χ0v) is 11.7. The van der Waals surface area contributed by atoms with Gasteiger partial charge in [-0.2, -0.15) is 4.73 Å². The monoisotopic (exact) mass is 275 g/mol. The Morgan fingerprint density at radius 2 is 1.19 bits per heavy atom. The highest BCUT2D eigenvalue weighted by atomic mass is 16.5. The Bertz CT molecular complexity index is 638. The molecule has 0 spiro atoms. The first-order chi connectivity index (χ1) is 10.3. The number of hydrogen-bond acceptors (Lipinski definition) is 1. The number of aromatic nitrogens is 1. The maximum atomic E-state index is 11.2. The third-order valence-electron chi connectivity index (χ3n) is 3.71. The molecule has 1 aromatic heterocycles. The van der Waals surface area contributed by atoms with Gasteiger partial charge in [0.2, 0.25) is 0 Å². The van der Waals surface area contributed by atoms with Gasteiger partial charge in [-0.1, -0.05) is 60.7 Å². The first-order valence-corrected chi connectivity index (χ1v) is 7.10. The maximum Gasteiger partial charge on any atom is 0.180 e. The molecule has 0 bridgehead atoms. The lowest BCUT2D eigenvalue weighted by Gasteiger charge is -2.18. The number of nitrogens with zero attached hydrogens (tertiary/aromatic N) is 1. The molecule has 0 saturated carbocycles. The summed E-state index contributed by atoms with van der Waals surface area (Å²) in [6, 6.07) is 24.8. The van der Waals surface area contributed by atoms with Gasteiger partial charge >= 0.3 is 0 Å². The second-order valence-electron chi connectivity index (χ2n) is 5.14. The Balaban J connectivity index is 1.95. The molecule has 0 N–H and O–H groups in total. The van der Waals surface area contributed by atoms with Gasteiger partial charge in [-0.15, -0.1) is 0 Å². The van der Waals surface area contributed by atoms with Crippen LogP contribution in [0.15, 0.2) is 85.2 Å². The van der Waals surface area contributed by atoms with Crippen molar-refractivity contribution in [3.63, 3.8) is 0 Å². The third kappa shape index (κ3) is 3.29. The van der Waals surface area contributed by atoms with Crippen molar-refractivity contribution in [3.8, 4) is 0 Å². The minimum Gasteiger partial charge on any atom is -0.619 e. The van der Waals surface area contributed by atoms with Crippen molar-refractivity contribution < 1.29 is 4.73 Å². The van der Waals surface area contributed by atoms with Crippen molar-refractivity contribution in [2.75, 3.05) is 0 Å². The minimum absolute atomic E-state index is 0.301. The van der Waals surface area contributed by atoms with Crippen molar-refractivity contribution in [2.45, 2.75) is 12.3 Å². The molecule has 2 heteroatoms. The first kappa shape index (κ1) is 13.4. The lowest BCUT2D eigenvalue weighted by molar-refractivity contribution is -0.605. The molecule has 1 heterocycles. The van der Waals surface area contributed by atoms with E-state index in [-0.39, 0.29) is 0 Å². The van der Waals surface area contributed by atoms with Gasteiger partial charge in [0.05, 0.1) is 0 Å². The summed E-state index contributed by atoms with van der Waals surface area (Å²) in [7, 11) is 0. The fraction of sp³-hybridized carbons (Fsp3) is 0.105. The topological polar surface area (TPSA) is 26.9 Å². The Hall–Kier alpha value is -2.61. The van der Waals surface area contributed by atoms with Crippen LogP contribution in [0.5, 0.6) is 0 Å². The van der Waals surface area contributed by atoms with E-state index in [1.807, 2.05) is 24.3 Å². The quantitative estimate of drug-likeness (QED) is 0.527. The summed E-state index contributed by atoms with van der Waals surface area (Å²) in [5.41, 5.74) is 3.75. The van der Waals surface area contributed by atoms with Crippen molar-refractivity contribution >= 4 is 0 Å². The van der Waals surface area contributed by atoms with E-state index in [0.29, 0.717) is 5.92 Å². The van der Waals surface area contributed by atoms with Gasteiger partial charge in [0.25, 0.3) is 0 Å². The van der Waals surface area contributed by atoms with E-state index in [2.05, 4.69) is 48.5 Å². The molecule has 3 aromatic rings. The lowest BCUT2D eigenvalue weighted by atomic mass is 9.86. The maximum absolute atomic E-state index is 11.2. The van der Waals surface area contributed by atoms with Crippen LogP contribution in [-0.2, 0) is 6.42 Å². The van der Waals surface area contributed by atoms with Crippen molar-refractivity contribution in [1.29, 1.82) is 0 Å². The molecule has 0 aliphatic carbocycles. The number of rotatable bonds is 4. The number of pyridine rings is 1. The van der Waals surface area contributed by atoms with Crippen LogP contribution >= 0.6 is 0 Å². The largest absolute Gasteiger partial charge is 0.619 e. The Kier molecular flexibility index (Phi) is 3.97. The SMILES string of the molecule is [O-][n+]1ccc(CC(c2ccccc2)c2ccccc2)cc1. The predicted octanol–water partition coefficient (Wildman–Crippen LogP) is 3.69. The molecular weight excluding hydrogens is 258 g/mol. The summed E-state index contributed by atoms with van der Waals surface area (Å²) in [6.45, 7) is 0. The van der Waals surface area contributed by atoms with Gasteiger partial charge in [-0.3, -0.25) is 0 Å². The molecule has 104 valence electrons. The van der Waals surface area contributed by atoms with Gasteiger partial charge in [-0.25, -0.2) is 0 Å². The van der Waals surface area contributed by atoms with E-state index in [9.17, 15) is 5.21 Å². The van der Waals surface area contributed by atoms with Crippen LogP contribution in [0.25, 0.3) is 0 Å². The van der Waals surface area contributed by atoms with Crippen LogP contribution in [0.2, 0.25) is 0 Å². The summed E-state index contributed by atoms with van der Waals surface area (Å²) in [5.74, 6) is 0.301. The fourth-order valence-corrected chi connectivity index (χ4v) is 2.61. The smallest absolute Gasteiger partial charge is 0.180 e. The second-order valence-corrected chi connectivity index (χ2v) is 5.14. The van der Waals surface area contributed by atoms with Crippen LogP contribution in [0, 0.1) is 5.21 Å². The highest BCUT2D eigenvalue weighted by Gasteiger charge is 2.14. The van der Waals surface area contributed by atoms with Crippen molar-refractivity contribution in [2.24, 2.45) is 0 Å². The molecule has 0 radical (unpaired) electrons. The molecule has 3 rings (SSSR count). The molecular formula is C19H17NO. The van der Waals surface area contributed by atoms with E-state index in [4.69, 9.17) is 0 Å². The fourth-order valence-electron chi connectivity index (χ4n) is 2.61. The zero-order valence-electron chi connectivity index (χ0n) is 11.7. The van der Waals surface area contributed by atoms with Gasteiger partial charge in [0, 0.05) is 18.1 Å². The van der Waals surface area contributed by atoms with Crippen LogP contribution in [0.3, 0.4) is 0 Å². The van der Waals surface area contributed by atoms with Gasteiger partial charge in [0.15, 0.2) is 12.4 Å². The standard InChI is InChI=1S/C19H17NO/c21-20-13-11-16(12-14-20)15-19(17-7-3-1-4-8-17)18-9-5-2-6-10-18/h1-14,19H,15H2. The highest BCUT2D eigenvalue weighted by molar-refractivity contribution is 5.34. The minimum atomic E-state index is 0.301. The molecule has 0 saturated heterocycles. The number of hydrogen-bond donors (Lipinski definition) is 0. The third-order valence-corrected chi connectivity index (χ3v) is 3.71. The molecule has 2 nitrogen and oxygen atoms in total. The van der Waals surface area contributed by atoms with E-state index >= 15 is 0 Å². The zero-order chi connectivity index (χ0) is 14.5. The average molecular weight is 275 g/mol. The van der Waals surface area contributed by atoms with E-state index in [0.717, 1.165) is 11.2 Å². The number of benzene rings is 2. The molecule has 21 heavy (non-hydrogen) atoms. The predicted molar refractivity (Wildman–Crippen MR) is 83.8 cm³/mol. The first-order valence-electron chi connectivity index (χ1n) is 7.10. The summed E-state index contributed by atoms with van der Waals surface area (Å²) in [6.07, 6.45) is 4.00. The van der Waals surface area contributed by atoms with Crippen molar-refractivity contribution in [3.05, 3.63) is 107 Å². The Morgan fingerprint density at radius 3 is 1.67 bits per heavy atom. The molecule has 0 atom stereocenters. The van der Waals surface area contributed by atoms with Gasteiger partial charge in [0.1, 0.15) is 0 Å². The summed E-state index contributed by atoms with van der Waals surface area (Å²) in [5, 5.41) is 11.2. The molecule has 0 aliphatic rings. The van der Waals surface area contributed by atoms with Gasteiger partial charge in [-0.05, 0) is 23.1 Å². The average Bonchev–Trinajstić information content (AvgIpc) is 2.56. The molecule has 2 aromatic carbocycles. The summed E-state index contributed by atoms with van der Waals surface area (Å²) < 4.78 is 0.823. The van der Waals surface area contributed by atoms with E-state index < -0.39 is 0 Å².